The van der Waals surface area contributed by atoms with Crippen molar-refractivity contribution < 1.29 is 51.3 Å². The van der Waals surface area contributed by atoms with Crippen molar-refractivity contribution in [1.82, 2.24) is 68.5 Å². The number of nitrogen functional groups attached to an aromatic ring is 3. The highest BCUT2D eigenvalue weighted by Gasteiger charge is 2.45. The first kappa shape index (κ1) is 99.4. The van der Waals surface area contributed by atoms with Crippen molar-refractivity contribution in [3.8, 4) is 89.9 Å². The van der Waals surface area contributed by atoms with Crippen molar-refractivity contribution >= 4 is 91.3 Å². The number of fused-ring (bicyclic) bond motifs is 1. The van der Waals surface area contributed by atoms with E-state index < -0.39 is 31.7 Å². The molecule has 4 aliphatic rings. The van der Waals surface area contributed by atoms with Crippen LogP contribution in [0.1, 0.15) is 95.0 Å². The number of nitrogens with one attached hydrogen (secondary N) is 5. The summed E-state index contributed by atoms with van der Waals surface area (Å²) in [7, 11) is -0.517. The van der Waals surface area contributed by atoms with E-state index in [1.807, 2.05) is 186 Å². The van der Waals surface area contributed by atoms with Crippen LogP contribution in [0.3, 0.4) is 0 Å². The highest BCUT2D eigenvalue weighted by atomic mass is 32.2. The standard InChI is InChI=1S/C30H31N5O2.C27H28N6O2.C26H29N5O5S.C24H22N6O2S/c1-19(2)30(3,25-9-5-20(6-10-25)24-15-21-13-14-31-28(21)34-18-24)29(36)35-26-11-7-22(16-32-26)23-8-12-27(37-4)33-17-23;1-17(2)27(3,22-9-5-18(6-10-22)21-15-31-26(28)32-16-21)25(34)33-23-11-7-19(13-29-23)20-8-12-24(35-4)30-14-20;27-25-28-17-20(18-29-25)19-4-6-21(7-5-19)26(8-12-35-13-9-26)24(32)30-22-2-1-3-23(16-22)37(33,34)31-10-14-36-15-11-31;25-22-26-14-18(15-27-22)16-6-8-19(9-7-16)24(10-12-32-13-11-24)21(31)29-23-28-20(30-33-23)17-4-2-1-3-5-17/h5-12,15-19H,13-14H2,1-4H3,(H,31,34)(H,32,35,36);5-17H,1-4H3,(H2,28,31,32)(H,29,33,34);1-7,16-18H,8-15H2,(H,30,32)(H2,27,28,29);1-9,14-15H,10-13H2,(H2,25,26,27)(H,28,29,30,31). The van der Waals surface area contributed by atoms with Crippen molar-refractivity contribution in [2.24, 2.45) is 11.8 Å². The molecule has 0 saturated carbocycles. The number of nitrogens with two attached hydrogens (primary N) is 3. The Labute approximate surface area is 827 Å². The normalized spacial score (nSPS) is 15.1. The van der Waals surface area contributed by atoms with Gasteiger partial charge in [-0.2, -0.15) is 13.7 Å². The van der Waals surface area contributed by atoms with Gasteiger partial charge in [-0.05, 0) is 169 Å². The Morgan fingerprint density at radius 3 is 1.23 bits per heavy atom. The van der Waals surface area contributed by atoms with E-state index in [-0.39, 0.29) is 58.2 Å². The van der Waals surface area contributed by atoms with Gasteiger partial charge in [0.15, 0.2) is 5.82 Å². The molecule has 19 rings (SSSR count). The molecule has 6 aromatic carbocycles. The number of carbonyl (C=O) groups is 4. The second-order valence-electron chi connectivity index (χ2n) is 35.5. The van der Waals surface area contributed by atoms with E-state index >= 15 is 0 Å². The Morgan fingerprint density at radius 1 is 0.423 bits per heavy atom. The number of nitrogens with zero attached hydrogens (tertiary/aromatic N) is 14. The number of anilines is 8. The van der Waals surface area contributed by atoms with Crippen molar-refractivity contribution in [1.29, 1.82) is 0 Å². The molecule has 3 saturated heterocycles. The van der Waals surface area contributed by atoms with Gasteiger partial charge >= 0.3 is 0 Å². The molecule has 4 aliphatic heterocycles. The lowest BCUT2D eigenvalue weighted by atomic mass is 9.72. The molecule has 13 heterocycles. The number of carbonyl (C=O) groups excluding carboxylic acids is 4. The van der Waals surface area contributed by atoms with Gasteiger partial charge in [-0.25, -0.2) is 63.2 Å². The Hall–Kier alpha value is -15.7. The first-order chi connectivity index (χ1) is 68.7. The van der Waals surface area contributed by atoms with Crippen molar-refractivity contribution in [3.63, 3.8) is 0 Å². The van der Waals surface area contributed by atoms with Gasteiger partial charge in [0.05, 0.1) is 54.0 Å². The van der Waals surface area contributed by atoms with Crippen molar-refractivity contribution in [2.45, 2.75) is 100 Å². The molecule has 2 atom stereocenters. The summed E-state index contributed by atoms with van der Waals surface area (Å²) in [6, 6.07) is 65.0. The lowest BCUT2D eigenvalue weighted by Gasteiger charge is -2.36. The minimum atomic E-state index is -3.68. The fraction of sp³-hybridized carbons (Fsp3) is 0.262. The Kier molecular flexibility index (Phi) is 31.2. The SMILES string of the molecule is COc1ccc(-c2ccc(NC(=O)C(C)(c3ccc(-c4cnc(N)nc4)cc3)C(C)C)nc2)cn1.COc1ccc(-c2ccc(NC(=O)C(C)(c3ccc(-c4cnc5c(c4)CCN5)cc3)C(C)C)nc2)cn1.Nc1ncc(-c2ccc(C3(C(=O)Nc4cccc(S(=O)(=O)N5CCOCC5)c4)CCOCC3)cc2)cn1.Nc1ncc(-c2ccc(C3(C(=O)Nc4nc(-c5ccccc5)ns4)CCOCC3)cc2)cn1. The number of aromatic nitrogens is 13. The van der Waals surface area contributed by atoms with Gasteiger partial charge in [-0.1, -0.05) is 161 Å². The van der Waals surface area contributed by atoms with Crippen LogP contribution < -0.4 is 53.3 Å². The van der Waals surface area contributed by atoms with Crippen LogP contribution in [0.25, 0.3) is 78.1 Å². The average Bonchev–Trinajstić information content (AvgIpc) is 0.900. The molecule has 0 aliphatic carbocycles. The van der Waals surface area contributed by atoms with Gasteiger partial charge in [-0.15, -0.1) is 0 Å². The number of hydrogen-bond donors (Lipinski definition) is 8. The summed E-state index contributed by atoms with van der Waals surface area (Å²) < 4.78 is 58.7. The monoisotopic (exact) mass is 1940 g/mol. The van der Waals surface area contributed by atoms with E-state index in [4.69, 9.17) is 40.9 Å². The molecule has 0 spiro atoms. The number of amides is 4. The number of ether oxygens (including phenoxy) is 5. The molecule has 11 N–H and O–H groups in total. The van der Waals surface area contributed by atoms with Gasteiger partial charge in [0.1, 0.15) is 17.5 Å². The second kappa shape index (κ2) is 44.6. The molecule has 0 bridgehead atoms. The van der Waals surface area contributed by atoms with Crippen LogP contribution in [-0.4, -0.2) is 174 Å². The van der Waals surface area contributed by atoms with Gasteiger partial charge in [0.2, 0.25) is 68.4 Å². The number of methoxy groups -OCH3 is 2. The van der Waals surface area contributed by atoms with Crippen LogP contribution >= 0.6 is 11.5 Å². The largest absolute Gasteiger partial charge is 0.481 e. The molecule has 726 valence electrons. The third-order valence-electron chi connectivity index (χ3n) is 26.6. The molecule has 15 aromatic rings. The first-order valence-electron chi connectivity index (χ1n) is 46.5. The Bertz CT molecular complexity index is 6960. The fourth-order valence-electron chi connectivity index (χ4n) is 17.2. The summed E-state index contributed by atoms with van der Waals surface area (Å²) >= 11 is 1.18. The minimum Gasteiger partial charge on any atom is -0.481 e. The van der Waals surface area contributed by atoms with Crippen LogP contribution in [-0.2, 0) is 71.5 Å². The maximum absolute atomic E-state index is 13.8. The molecule has 35 heteroatoms. The molecule has 9 aromatic heterocycles. The van der Waals surface area contributed by atoms with E-state index in [0.29, 0.717) is 118 Å². The van der Waals surface area contributed by atoms with Gasteiger partial charge in [0, 0.05) is 194 Å². The molecular formula is C107H110N22O11S2. The zero-order chi connectivity index (χ0) is 99.6. The Balaban J connectivity index is 0.000000136. The fourth-order valence-corrected chi connectivity index (χ4v) is 19.2. The third kappa shape index (κ3) is 22.8. The summed E-state index contributed by atoms with van der Waals surface area (Å²) in [5.74, 6) is 3.97. The van der Waals surface area contributed by atoms with Crippen LogP contribution in [0.2, 0.25) is 0 Å². The summed E-state index contributed by atoms with van der Waals surface area (Å²) in [5.41, 5.74) is 31.2. The van der Waals surface area contributed by atoms with Crippen molar-refractivity contribution in [2.75, 3.05) is 117 Å². The second-order valence-corrected chi connectivity index (χ2v) is 38.2. The van der Waals surface area contributed by atoms with E-state index in [2.05, 4.69) is 123 Å². The summed E-state index contributed by atoms with van der Waals surface area (Å²) in [5, 5.41) is 15.8. The van der Waals surface area contributed by atoms with E-state index in [0.717, 1.165) is 113 Å². The predicted molar refractivity (Wildman–Crippen MR) is 549 cm³/mol. The lowest BCUT2D eigenvalue weighted by Crippen LogP contribution is -2.45. The maximum Gasteiger partial charge on any atom is 0.243 e. The number of benzene rings is 6. The van der Waals surface area contributed by atoms with Crippen molar-refractivity contribution in [3.05, 3.63) is 302 Å². The highest BCUT2D eigenvalue weighted by molar-refractivity contribution is 7.89. The molecule has 3 fully saturated rings. The molecular weight excluding hydrogens is 1830 g/mol. The molecule has 33 nitrogen and oxygen atoms in total. The topological polar surface area (TPSA) is 458 Å². The quantitative estimate of drug-likeness (QED) is 0.0263. The Morgan fingerprint density at radius 2 is 0.817 bits per heavy atom. The zero-order valence-electron chi connectivity index (χ0n) is 79.8. The van der Waals surface area contributed by atoms with E-state index in [1.165, 1.54) is 27.5 Å². The zero-order valence-corrected chi connectivity index (χ0v) is 81.5. The van der Waals surface area contributed by atoms with Crippen LogP contribution in [0.4, 0.5) is 46.1 Å². The van der Waals surface area contributed by atoms with Gasteiger partial charge in [-0.3, -0.25) is 24.5 Å². The van der Waals surface area contributed by atoms with Crippen LogP contribution in [0.5, 0.6) is 11.8 Å². The highest BCUT2D eigenvalue weighted by Crippen LogP contribution is 2.43. The average molecular weight is 1940 g/mol. The maximum atomic E-state index is 13.8. The number of hydrogen-bond acceptors (Lipinski definition) is 29. The summed E-state index contributed by atoms with van der Waals surface area (Å²) in [6.45, 7) is 16.4. The van der Waals surface area contributed by atoms with Gasteiger partial charge in [0.25, 0.3) is 0 Å². The number of rotatable bonds is 25. The molecule has 0 radical (unpaired) electrons. The van der Waals surface area contributed by atoms with E-state index in [9.17, 15) is 27.6 Å². The first-order valence-corrected chi connectivity index (χ1v) is 48.7. The molecule has 4 amide bonds. The number of pyridine rings is 5. The van der Waals surface area contributed by atoms with Gasteiger partial charge < -0.3 is 62.2 Å². The lowest BCUT2D eigenvalue weighted by molar-refractivity contribution is -0.125. The summed E-state index contributed by atoms with van der Waals surface area (Å²) in [6.07, 6.45) is 22.1. The van der Waals surface area contributed by atoms with Crippen LogP contribution in [0, 0.1) is 11.8 Å². The van der Waals surface area contributed by atoms with E-state index in [1.54, 1.807) is 107 Å². The predicted octanol–water partition coefficient (Wildman–Crippen LogP) is 16.8. The third-order valence-corrected chi connectivity index (χ3v) is 29.1. The number of morpholine rings is 1. The summed E-state index contributed by atoms with van der Waals surface area (Å²) in [4.78, 5) is 105. The molecule has 142 heavy (non-hydrogen) atoms. The smallest absolute Gasteiger partial charge is 0.243 e. The minimum absolute atomic E-state index is 0.0397. The number of sulfonamides is 1. The molecule has 2 unspecified atom stereocenters. The van der Waals surface area contributed by atoms with Crippen LogP contribution in [0.15, 0.2) is 279 Å².